The molecular formula is C13H21FN4. The number of nitrogens with zero attached hydrogens (tertiary/aromatic N) is 2. The molecule has 0 aromatic heterocycles. The van der Waals surface area contributed by atoms with Crippen LogP contribution in [-0.4, -0.2) is 49.7 Å². The summed E-state index contributed by atoms with van der Waals surface area (Å²) in [5.41, 5.74) is 10.2. The molecule has 1 aromatic rings. The summed E-state index contributed by atoms with van der Waals surface area (Å²) in [6.45, 7) is 4.56. The third-order valence-electron chi connectivity index (χ3n) is 3.35. The number of piperazine rings is 1. The Hall–Kier alpha value is -1.01. The molecule has 1 fully saturated rings. The van der Waals surface area contributed by atoms with Crippen LogP contribution in [0, 0.1) is 5.82 Å². The highest BCUT2D eigenvalue weighted by Gasteiger charge is 2.17. The third-order valence-corrected chi connectivity index (χ3v) is 3.35. The summed E-state index contributed by atoms with van der Waals surface area (Å²) in [6.07, 6.45) is 0. The molecule has 0 aliphatic carbocycles. The lowest BCUT2D eigenvalue weighted by Gasteiger charge is -2.35. The zero-order valence-corrected chi connectivity index (χ0v) is 10.8. The Labute approximate surface area is 108 Å². The lowest BCUT2D eigenvalue weighted by Crippen LogP contribution is -2.52. The van der Waals surface area contributed by atoms with Crippen molar-refractivity contribution in [1.29, 1.82) is 0 Å². The van der Waals surface area contributed by atoms with Gasteiger partial charge in [-0.25, -0.2) is 14.8 Å². The molecule has 4 nitrogen and oxygen atoms in total. The monoisotopic (exact) mass is 252 g/mol. The molecule has 1 aliphatic heterocycles. The molecule has 0 bridgehead atoms. The largest absolute Gasteiger partial charge is 0.329 e. The zero-order chi connectivity index (χ0) is 13.0. The van der Waals surface area contributed by atoms with E-state index in [0.29, 0.717) is 6.54 Å². The fourth-order valence-electron chi connectivity index (χ4n) is 2.11. The highest BCUT2D eigenvalue weighted by Crippen LogP contribution is 2.13. The van der Waals surface area contributed by atoms with Gasteiger partial charge in [-0.1, -0.05) is 12.1 Å². The van der Waals surface area contributed by atoms with Crippen LogP contribution in [0.5, 0.6) is 0 Å². The smallest absolute Gasteiger partial charge is 0.123 e. The summed E-state index contributed by atoms with van der Waals surface area (Å²) >= 11 is 0. The molecule has 3 N–H and O–H groups in total. The van der Waals surface area contributed by atoms with E-state index in [-0.39, 0.29) is 11.9 Å². The number of hydrazine groups is 1. The average molecular weight is 252 g/mol. The van der Waals surface area contributed by atoms with Gasteiger partial charge in [-0.2, -0.15) is 0 Å². The highest BCUT2D eigenvalue weighted by atomic mass is 19.1. The summed E-state index contributed by atoms with van der Waals surface area (Å²) in [6, 6.07) is 6.58. The Morgan fingerprint density at radius 2 is 1.83 bits per heavy atom. The van der Waals surface area contributed by atoms with Gasteiger partial charge in [-0.15, -0.1) is 0 Å². The molecule has 5 heteroatoms. The first-order valence-corrected chi connectivity index (χ1v) is 6.34. The van der Waals surface area contributed by atoms with Crippen molar-refractivity contribution in [2.75, 3.05) is 39.8 Å². The quantitative estimate of drug-likeness (QED) is 0.822. The minimum absolute atomic E-state index is 0.0500. The lowest BCUT2D eigenvalue weighted by atomic mass is 10.1. The highest BCUT2D eigenvalue weighted by molar-refractivity contribution is 5.20. The third kappa shape index (κ3) is 3.49. The maximum atomic E-state index is 12.9. The Balaban J connectivity index is 1.94. The minimum atomic E-state index is -0.214. The molecule has 2 rings (SSSR count). The molecule has 1 saturated heterocycles. The van der Waals surface area contributed by atoms with Gasteiger partial charge < -0.3 is 10.6 Å². The first-order chi connectivity index (χ1) is 8.69. The van der Waals surface area contributed by atoms with E-state index < -0.39 is 0 Å². The van der Waals surface area contributed by atoms with Crippen LogP contribution in [0.3, 0.4) is 0 Å². The summed E-state index contributed by atoms with van der Waals surface area (Å²) in [5.74, 6) is -0.214. The van der Waals surface area contributed by atoms with Crippen molar-refractivity contribution in [1.82, 2.24) is 15.3 Å². The molecule has 1 unspecified atom stereocenters. The second-order valence-corrected chi connectivity index (χ2v) is 4.76. The fraction of sp³-hybridized carbons (Fsp3) is 0.538. The van der Waals surface area contributed by atoms with Crippen molar-refractivity contribution in [3.05, 3.63) is 35.6 Å². The van der Waals surface area contributed by atoms with E-state index >= 15 is 0 Å². The van der Waals surface area contributed by atoms with Crippen LogP contribution in [0.2, 0.25) is 0 Å². The van der Waals surface area contributed by atoms with Crippen LogP contribution >= 0.6 is 0 Å². The first-order valence-electron chi connectivity index (χ1n) is 6.34. The predicted octanol–water partition coefficient (Wildman–Crippen LogP) is 0.578. The van der Waals surface area contributed by atoms with E-state index in [0.717, 1.165) is 31.7 Å². The van der Waals surface area contributed by atoms with Crippen molar-refractivity contribution in [3.63, 3.8) is 0 Å². The minimum Gasteiger partial charge on any atom is -0.329 e. The van der Waals surface area contributed by atoms with Crippen molar-refractivity contribution in [2.24, 2.45) is 5.73 Å². The number of halogens is 1. The summed E-state index contributed by atoms with van der Waals surface area (Å²) in [7, 11) is 2.12. The number of nitrogens with one attached hydrogen (secondary N) is 1. The van der Waals surface area contributed by atoms with E-state index in [4.69, 9.17) is 5.73 Å². The van der Waals surface area contributed by atoms with Crippen LogP contribution in [0.15, 0.2) is 24.3 Å². The number of hydrogen-bond acceptors (Lipinski definition) is 4. The summed E-state index contributed by atoms with van der Waals surface area (Å²) in [4.78, 5) is 2.30. The SMILES string of the molecule is CN1CCN(NC(CN)c2ccc(F)cc2)CC1. The van der Waals surface area contributed by atoms with E-state index in [9.17, 15) is 4.39 Å². The van der Waals surface area contributed by atoms with Crippen LogP contribution in [-0.2, 0) is 0 Å². The van der Waals surface area contributed by atoms with Gasteiger partial charge in [0.2, 0.25) is 0 Å². The molecule has 1 aliphatic rings. The molecular weight excluding hydrogens is 231 g/mol. The topological polar surface area (TPSA) is 44.5 Å². The van der Waals surface area contributed by atoms with Gasteiger partial charge in [-0.05, 0) is 24.7 Å². The van der Waals surface area contributed by atoms with E-state index in [2.05, 4.69) is 22.4 Å². The second-order valence-electron chi connectivity index (χ2n) is 4.76. The molecule has 1 heterocycles. The Bertz CT molecular complexity index is 360. The van der Waals surface area contributed by atoms with Gasteiger partial charge in [0, 0.05) is 32.7 Å². The number of nitrogens with two attached hydrogens (primary N) is 1. The Morgan fingerprint density at radius 3 is 2.39 bits per heavy atom. The van der Waals surface area contributed by atoms with Gasteiger partial charge in [0.25, 0.3) is 0 Å². The number of likely N-dealkylation sites (N-methyl/N-ethyl adjacent to an activating group) is 1. The summed E-state index contributed by atoms with van der Waals surface area (Å²) in [5, 5.41) is 2.20. The number of hydrogen-bond donors (Lipinski definition) is 2. The Kier molecular flexibility index (Phi) is 4.66. The van der Waals surface area contributed by atoms with E-state index in [1.54, 1.807) is 12.1 Å². The number of rotatable bonds is 4. The Morgan fingerprint density at radius 1 is 1.22 bits per heavy atom. The molecule has 1 atom stereocenters. The summed E-state index contributed by atoms with van der Waals surface area (Å²) < 4.78 is 12.9. The molecule has 0 amide bonds. The van der Waals surface area contributed by atoms with Gasteiger partial charge in [0.15, 0.2) is 0 Å². The molecule has 100 valence electrons. The van der Waals surface area contributed by atoms with Gasteiger partial charge in [-0.3, -0.25) is 0 Å². The first kappa shape index (κ1) is 13.4. The maximum Gasteiger partial charge on any atom is 0.123 e. The fourth-order valence-corrected chi connectivity index (χ4v) is 2.11. The normalized spacial score (nSPS) is 19.9. The zero-order valence-electron chi connectivity index (χ0n) is 10.8. The van der Waals surface area contributed by atoms with Gasteiger partial charge in [0.05, 0.1) is 6.04 Å². The van der Waals surface area contributed by atoms with Crippen LogP contribution in [0.1, 0.15) is 11.6 Å². The lowest BCUT2D eigenvalue weighted by molar-refractivity contribution is 0.0880. The molecule has 1 aromatic carbocycles. The van der Waals surface area contributed by atoms with Gasteiger partial charge >= 0.3 is 0 Å². The van der Waals surface area contributed by atoms with Crippen molar-refractivity contribution in [2.45, 2.75) is 6.04 Å². The van der Waals surface area contributed by atoms with Crippen LogP contribution in [0.4, 0.5) is 4.39 Å². The molecule has 18 heavy (non-hydrogen) atoms. The number of benzene rings is 1. The maximum absolute atomic E-state index is 12.9. The molecule has 0 radical (unpaired) electrons. The molecule has 0 saturated carbocycles. The van der Waals surface area contributed by atoms with Crippen LogP contribution < -0.4 is 11.2 Å². The average Bonchev–Trinajstić information content (AvgIpc) is 2.39. The van der Waals surface area contributed by atoms with Crippen molar-refractivity contribution >= 4 is 0 Å². The van der Waals surface area contributed by atoms with Crippen LogP contribution in [0.25, 0.3) is 0 Å². The predicted molar refractivity (Wildman–Crippen MR) is 70.4 cm³/mol. The van der Waals surface area contributed by atoms with Gasteiger partial charge in [0.1, 0.15) is 5.82 Å². The van der Waals surface area contributed by atoms with E-state index in [1.807, 2.05) is 0 Å². The second kappa shape index (κ2) is 6.24. The standard InChI is InChI=1S/C13H21FN4/c1-17-6-8-18(9-7-17)16-13(10-15)11-2-4-12(14)5-3-11/h2-5,13,16H,6-10,15H2,1H3. The van der Waals surface area contributed by atoms with Crippen molar-refractivity contribution < 1.29 is 4.39 Å². The molecule has 0 spiro atoms. The van der Waals surface area contributed by atoms with Crippen molar-refractivity contribution in [3.8, 4) is 0 Å². The van der Waals surface area contributed by atoms with E-state index in [1.165, 1.54) is 12.1 Å².